The molecule has 0 aliphatic carbocycles. The average Bonchev–Trinajstić information content (AvgIpc) is 2.41. The summed E-state index contributed by atoms with van der Waals surface area (Å²) < 4.78 is 5.87. The molecule has 0 radical (unpaired) electrons. The largest absolute Gasteiger partial charge is 0.422 e. The van der Waals surface area contributed by atoms with E-state index in [-0.39, 0.29) is 6.61 Å². The van der Waals surface area contributed by atoms with E-state index in [9.17, 15) is 4.79 Å². The molecule has 0 aliphatic rings. The minimum Gasteiger partial charge on any atom is -0.422 e. The molecule has 0 aromatic heterocycles. The molecule has 0 bridgehead atoms. The van der Waals surface area contributed by atoms with Gasteiger partial charge < -0.3 is 9.84 Å². The number of hydrogen-bond acceptors (Lipinski definition) is 3. The number of carbonyl (C=O) groups is 1. The molecule has 0 spiro atoms. The second kappa shape index (κ2) is 6.19. The Morgan fingerprint density at radius 3 is 2.47 bits per heavy atom. The predicted octanol–water partition coefficient (Wildman–Crippen LogP) is 3.81. The summed E-state index contributed by atoms with van der Waals surface area (Å²) in [6, 6.07) is 11.5. The van der Waals surface area contributed by atoms with E-state index < -0.39 is 5.97 Å². The van der Waals surface area contributed by atoms with Gasteiger partial charge in [0.05, 0.1) is 16.6 Å². The maximum atomic E-state index is 11.9. The summed E-state index contributed by atoms with van der Waals surface area (Å²) in [4.78, 5) is 11.9. The van der Waals surface area contributed by atoms with Crippen molar-refractivity contribution in [2.75, 3.05) is 0 Å². The second-order valence-electron chi connectivity index (χ2n) is 3.82. The summed E-state index contributed by atoms with van der Waals surface area (Å²) in [6.07, 6.45) is 0. The molecule has 5 heteroatoms. The number of aliphatic hydroxyl groups excluding tert-OH is 1. The van der Waals surface area contributed by atoms with E-state index in [4.69, 9.17) is 21.4 Å². The van der Waals surface area contributed by atoms with E-state index in [2.05, 4.69) is 15.9 Å². The van der Waals surface area contributed by atoms with E-state index in [0.29, 0.717) is 20.8 Å². The van der Waals surface area contributed by atoms with Gasteiger partial charge in [-0.15, -0.1) is 0 Å². The Bertz CT molecular complexity index is 596. The van der Waals surface area contributed by atoms with Crippen LogP contribution in [0.25, 0.3) is 0 Å². The van der Waals surface area contributed by atoms with Crippen molar-refractivity contribution >= 4 is 33.5 Å². The van der Waals surface area contributed by atoms with Crippen LogP contribution in [0.3, 0.4) is 0 Å². The van der Waals surface area contributed by atoms with Crippen molar-refractivity contribution < 1.29 is 14.6 Å². The van der Waals surface area contributed by atoms with Crippen LogP contribution >= 0.6 is 27.5 Å². The fraction of sp³-hybridized carbons (Fsp3) is 0.0714. The molecule has 2 rings (SSSR count). The predicted molar refractivity (Wildman–Crippen MR) is 76.5 cm³/mol. The highest BCUT2D eigenvalue weighted by atomic mass is 79.9. The van der Waals surface area contributed by atoms with Crippen molar-refractivity contribution in [2.45, 2.75) is 6.61 Å². The second-order valence-corrected chi connectivity index (χ2v) is 5.11. The van der Waals surface area contributed by atoms with Gasteiger partial charge in [0.25, 0.3) is 0 Å². The molecule has 0 fully saturated rings. The molecule has 3 nitrogen and oxygen atoms in total. The van der Waals surface area contributed by atoms with Crippen LogP contribution in [0.5, 0.6) is 5.75 Å². The molecule has 98 valence electrons. The van der Waals surface area contributed by atoms with Crippen molar-refractivity contribution in [1.82, 2.24) is 0 Å². The first kappa shape index (κ1) is 14.1. The summed E-state index contributed by atoms with van der Waals surface area (Å²) in [7, 11) is 0. The zero-order chi connectivity index (χ0) is 13.8. The molecule has 0 saturated heterocycles. The number of esters is 1. The van der Waals surface area contributed by atoms with Crippen LogP contribution in [0.4, 0.5) is 0 Å². The molecule has 19 heavy (non-hydrogen) atoms. The Balaban J connectivity index is 2.17. The number of ether oxygens (including phenoxy) is 1. The lowest BCUT2D eigenvalue weighted by Gasteiger charge is -2.07. The van der Waals surface area contributed by atoms with Crippen molar-refractivity contribution in [2.24, 2.45) is 0 Å². The van der Waals surface area contributed by atoms with Gasteiger partial charge in [0.2, 0.25) is 0 Å². The van der Waals surface area contributed by atoms with E-state index in [0.717, 1.165) is 5.56 Å². The molecule has 2 aromatic rings. The normalized spacial score (nSPS) is 10.3. The summed E-state index contributed by atoms with van der Waals surface area (Å²) in [6.45, 7) is -0.0655. The monoisotopic (exact) mass is 340 g/mol. The Kier molecular flexibility index (Phi) is 4.58. The van der Waals surface area contributed by atoms with Gasteiger partial charge in [-0.3, -0.25) is 0 Å². The van der Waals surface area contributed by atoms with Gasteiger partial charge in [-0.25, -0.2) is 4.79 Å². The highest BCUT2D eigenvalue weighted by molar-refractivity contribution is 9.10. The Morgan fingerprint density at radius 2 is 1.89 bits per heavy atom. The van der Waals surface area contributed by atoms with Crippen molar-refractivity contribution in [3.8, 4) is 5.75 Å². The number of aliphatic hydroxyl groups is 1. The molecule has 0 aliphatic heterocycles. The van der Waals surface area contributed by atoms with E-state index in [1.54, 1.807) is 42.5 Å². The average molecular weight is 342 g/mol. The summed E-state index contributed by atoms with van der Waals surface area (Å²) in [5.74, 6) is -0.0636. The third-order valence-electron chi connectivity index (χ3n) is 2.46. The molecular formula is C14H10BrClO3. The fourth-order valence-electron chi connectivity index (χ4n) is 1.47. The first-order valence-corrected chi connectivity index (χ1v) is 6.64. The standard InChI is InChI=1S/C14H10BrClO3/c15-12-7-9(8-17)1-6-13(12)19-14(18)10-2-4-11(16)5-3-10/h1-7,17H,8H2. The zero-order valence-corrected chi connectivity index (χ0v) is 12.1. The molecule has 2 aromatic carbocycles. The first-order valence-electron chi connectivity index (χ1n) is 5.47. The number of rotatable bonds is 3. The smallest absolute Gasteiger partial charge is 0.343 e. The van der Waals surface area contributed by atoms with Gasteiger partial charge in [-0.2, -0.15) is 0 Å². The van der Waals surface area contributed by atoms with E-state index in [1.165, 1.54) is 0 Å². The molecule has 0 heterocycles. The SMILES string of the molecule is O=C(Oc1ccc(CO)cc1Br)c1ccc(Cl)cc1. The fourth-order valence-corrected chi connectivity index (χ4v) is 2.10. The number of hydrogen-bond donors (Lipinski definition) is 1. The number of carbonyl (C=O) groups excluding carboxylic acids is 1. The lowest BCUT2D eigenvalue weighted by molar-refractivity contribution is 0.0733. The highest BCUT2D eigenvalue weighted by Gasteiger charge is 2.11. The maximum Gasteiger partial charge on any atom is 0.343 e. The number of benzene rings is 2. The van der Waals surface area contributed by atoms with Gasteiger partial charge in [0, 0.05) is 5.02 Å². The summed E-state index contributed by atoms with van der Waals surface area (Å²) in [5, 5.41) is 9.56. The van der Waals surface area contributed by atoms with Crippen LogP contribution in [0, 0.1) is 0 Å². The molecule has 0 amide bonds. The Morgan fingerprint density at radius 1 is 1.21 bits per heavy atom. The molecular weight excluding hydrogens is 332 g/mol. The van der Waals surface area contributed by atoms with E-state index in [1.807, 2.05) is 0 Å². The summed E-state index contributed by atoms with van der Waals surface area (Å²) >= 11 is 9.04. The Hall–Kier alpha value is -1.36. The van der Waals surface area contributed by atoms with Crippen molar-refractivity contribution in [3.05, 3.63) is 63.1 Å². The van der Waals surface area contributed by atoms with Gasteiger partial charge in [0.15, 0.2) is 0 Å². The first-order chi connectivity index (χ1) is 9.10. The third kappa shape index (κ3) is 3.56. The van der Waals surface area contributed by atoms with Crippen molar-refractivity contribution in [3.63, 3.8) is 0 Å². The molecule has 0 atom stereocenters. The van der Waals surface area contributed by atoms with Crippen LogP contribution in [-0.4, -0.2) is 11.1 Å². The zero-order valence-electron chi connectivity index (χ0n) is 9.77. The van der Waals surface area contributed by atoms with Crippen LogP contribution in [0.15, 0.2) is 46.9 Å². The van der Waals surface area contributed by atoms with E-state index >= 15 is 0 Å². The molecule has 0 saturated carbocycles. The van der Waals surface area contributed by atoms with Crippen molar-refractivity contribution in [1.29, 1.82) is 0 Å². The Labute approximate surface area is 123 Å². The molecule has 0 unspecified atom stereocenters. The van der Waals surface area contributed by atoms with Gasteiger partial charge in [-0.1, -0.05) is 17.7 Å². The topological polar surface area (TPSA) is 46.5 Å². The van der Waals surface area contributed by atoms with Crippen LogP contribution in [0.1, 0.15) is 15.9 Å². The maximum absolute atomic E-state index is 11.9. The minimum absolute atomic E-state index is 0.0655. The highest BCUT2D eigenvalue weighted by Crippen LogP contribution is 2.27. The van der Waals surface area contributed by atoms with Crippen LogP contribution < -0.4 is 4.74 Å². The van der Waals surface area contributed by atoms with Crippen LogP contribution in [0.2, 0.25) is 5.02 Å². The molecule has 1 N–H and O–H groups in total. The summed E-state index contributed by atoms with van der Waals surface area (Å²) in [5.41, 5.74) is 1.15. The lowest BCUT2D eigenvalue weighted by atomic mass is 10.2. The number of halogens is 2. The lowest BCUT2D eigenvalue weighted by Crippen LogP contribution is -2.08. The third-order valence-corrected chi connectivity index (χ3v) is 3.33. The van der Waals surface area contributed by atoms with Crippen LogP contribution in [-0.2, 0) is 6.61 Å². The minimum atomic E-state index is -0.464. The van der Waals surface area contributed by atoms with Gasteiger partial charge in [-0.05, 0) is 57.9 Å². The van der Waals surface area contributed by atoms with Gasteiger partial charge in [0.1, 0.15) is 5.75 Å². The van der Waals surface area contributed by atoms with Gasteiger partial charge >= 0.3 is 5.97 Å². The quantitative estimate of drug-likeness (QED) is 0.682.